The Morgan fingerprint density at radius 3 is 2.85 bits per heavy atom. The Bertz CT molecular complexity index is 1150. The van der Waals surface area contributed by atoms with Crippen molar-refractivity contribution in [1.29, 1.82) is 0 Å². The van der Waals surface area contributed by atoms with Crippen LogP contribution in [0.25, 0.3) is 16.9 Å². The molecule has 4 rings (SSSR count). The van der Waals surface area contributed by atoms with Crippen LogP contribution in [0.1, 0.15) is 15.2 Å². The molecule has 0 unspecified atom stereocenters. The minimum Gasteiger partial charge on any atom is -0.495 e. The summed E-state index contributed by atoms with van der Waals surface area (Å²) in [6.07, 6.45) is 3.95. The van der Waals surface area contributed by atoms with Crippen LogP contribution in [-0.4, -0.2) is 22.4 Å². The molecule has 1 aromatic carbocycles. The number of thiophene rings is 1. The van der Waals surface area contributed by atoms with Gasteiger partial charge in [0.05, 0.1) is 23.4 Å². The molecule has 136 valence electrons. The number of rotatable bonds is 4. The van der Waals surface area contributed by atoms with Gasteiger partial charge in [0.2, 0.25) is 0 Å². The monoisotopic (exact) mass is 441 g/mol. The van der Waals surface area contributed by atoms with Crippen LogP contribution in [-0.2, 0) is 0 Å². The Kier molecular flexibility index (Phi) is 4.72. The fourth-order valence-corrected chi connectivity index (χ4v) is 4.20. The second-order valence-electron chi connectivity index (χ2n) is 6.05. The molecule has 0 spiro atoms. The molecule has 1 amide bonds. The van der Waals surface area contributed by atoms with E-state index in [1.54, 1.807) is 13.2 Å². The lowest BCUT2D eigenvalue weighted by molar-refractivity contribution is 0.103. The lowest BCUT2D eigenvalue weighted by Crippen LogP contribution is -2.11. The first-order valence-corrected chi connectivity index (χ1v) is 9.90. The van der Waals surface area contributed by atoms with Gasteiger partial charge in [-0.15, -0.1) is 11.3 Å². The summed E-state index contributed by atoms with van der Waals surface area (Å²) in [5.74, 6) is 0.426. The summed E-state index contributed by atoms with van der Waals surface area (Å²) in [7, 11) is 1.58. The maximum absolute atomic E-state index is 12.5. The van der Waals surface area contributed by atoms with Gasteiger partial charge in [-0.05, 0) is 58.7 Å². The number of imidazole rings is 1. The van der Waals surface area contributed by atoms with Gasteiger partial charge in [-0.2, -0.15) is 0 Å². The number of benzene rings is 1. The maximum Gasteiger partial charge on any atom is 0.265 e. The number of aryl methyl sites for hydroxylation is 1. The average Bonchev–Trinajstić information content (AvgIpc) is 3.29. The Morgan fingerprint density at radius 2 is 2.15 bits per heavy atom. The van der Waals surface area contributed by atoms with Crippen LogP contribution in [0, 0.1) is 6.92 Å². The largest absolute Gasteiger partial charge is 0.495 e. The maximum atomic E-state index is 12.5. The average molecular weight is 442 g/mol. The molecule has 3 heterocycles. The zero-order valence-corrected chi connectivity index (χ0v) is 17.1. The third kappa shape index (κ3) is 3.48. The highest BCUT2D eigenvalue weighted by Gasteiger charge is 2.14. The molecule has 0 radical (unpaired) electrons. The summed E-state index contributed by atoms with van der Waals surface area (Å²) in [5, 5.41) is 4.81. The molecule has 4 aromatic rings. The van der Waals surface area contributed by atoms with E-state index in [-0.39, 0.29) is 5.91 Å². The molecular formula is C20H16BrN3O2S. The number of ether oxygens (including phenoxy) is 1. The summed E-state index contributed by atoms with van der Waals surface area (Å²) < 4.78 is 8.29. The van der Waals surface area contributed by atoms with E-state index in [4.69, 9.17) is 9.72 Å². The lowest BCUT2D eigenvalue weighted by atomic mass is 10.1. The predicted molar refractivity (Wildman–Crippen MR) is 112 cm³/mol. The van der Waals surface area contributed by atoms with E-state index in [1.807, 2.05) is 59.4 Å². The number of aromatic nitrogens is 2. The number of hydrogen-bond donors (Lipinski definition) is 1. The second-order valence-corrected chi connectivity index (χ2v) is 7.87. The van der Waals surface area contributed by atoms with Gasteiger partial charge in [-0.3, -0.25) is 4.79 Å². The van der Waals surface area contributed by atoms with Crippen molar-refractivity contribution in [2.45, 2.75) is 6.92 Å². The van der Waals surface area contributed by atoms with Crippen LogP contribution < -0.4 is 10.1 Å². The van der Waals surface area contributed by atoms with Crippen molar-refractivity contribution >= 4 is 44.5 Å². The summed E-state index contributed by atoms with van der Waals surface area (Å²) in [4.78, 5) is 17.9. The number of methoxy groups -OCH3 is 1. The number of hydrogen-bond acceptors (Lipinski definition) is 4. The Morgan fingerprint density at radius 1 is 1.30 bits per heavy atom. The SMILES string of the molecule is COc1ccc(-c2cn3cccc(C)c3n2)cc1NC(=O)c1cc(Br)cs1. The Hall–Kier alpha value is -2.64. The number of carbonyl (C=O) groups excluding carboxylic acids is 1. The molecule has 0 saturated carbocycles. The quantitative estimate of drug-likeness (QED) is 0.461. The molecule has 0 bridgehead atoms. The van der Waals surface area contributed by atoms with Gasteiger partial charge in [0.15, 0.2) is 0 Å². The number of pyridine rings is 1. The van der Waals surface area contributed by atoms with Gasteiger partial charge in [0.1, 0.15) is 11.4 Å². The first kappa shape index (κ1) is 17.8. The summed E-state index contributed by atoms with van der Waals surface area (Å²) in [5.41, 5.74) is 4.37. The van der Waals surface area contributed by atoms with E-state index in [0.29, 0.717) is 16.3 Å². The number of anilines is 1. The van der Waals surface area contributed by atoms with Crippen LogP contribution in [0.15, 0.2) is 58.6 Å². The molecule has 0 fully saturated rings. The van der Waals surface area contributed by atoms with E-state index in [2.05, 4.69) is 21.2 Å². The standard InChI is InChI=1S/C20H16BrN3O2S/c1-12-4-3-7-24-10-16(22-19(12)24)13-5-6-17(26-2)15(8-13)23-20(25)18-9-14(21)11-27-18/h3-11H,1-2H3,(H,23,25). The first-order valence-electron chi connectivity index (χ1n) is 8.23. The smallest absolute Gasteiger partial charge is 0.265 e. The fraction of sp³-hybridized carbons (Fsp3) is 0.100. The van der Waals surface area contributed by atoms with Gasteiger partial charge in [-0.1, -0.05) is 6.07 Å². The molecule has 3 aromatic heterocycles. The molecule has 5 nitrogen and oxygen atoms in total. The zero-order valence-electron chi connectivity index (χ0n) is 14.7. The van der Waals surface area contributed by atoms with Gasteiger partial charge in [0.25, 0.3) is 5.91 Å². The number of fused-ring (bicyclic) bond motifs is 1. The molecule has 1 N–H and O–H groups in total. The summed E-state index contributed by atoms with van der Waals surface area (Å²) in [6, 6.07) is 11.5. The first-order chi connectivity index (χ1) is 13.0. The van der Waals surface area contributed by atoms with Gasteiger partial charge >= 0.3 is 0 Å². The molecule has 0 aliphatic heterocycles. The summed E-state index contributed by atoms with van der Waals surface area (Å²) >= 11 is 4.75. The highest BCUT2D eigenvalue weighted by atomic mass is 79.9. The normalized spacial score (nSPS) is 10.9. The van der Waals surface area contributed by atoms with Crippen molar-refractivity contribution in [1.82, 2.24) is 9.38 Å². The van der Waals surface area contributed by atoms with Crippen molar-refractivity contribution in [2.75, 3.05) is 12.4 Å². The van der Waals surface area contributed by atoms with Crippen molar-refractivity contribution in [2.24, 2.45) is 0 Å². The number of nitrogens with zero attached hydrogens (tertiary/aromatic N) is 2. The van der Waals surface area contributed by atoms with Crippen LogP contribution in [0.3, 0.4) is 0 Å². The molecule has 0 atom stereocenters. The van der Waals surface area contributed by atoms with Crippen LogP contribution >= 0.6 is 27.3 Å². The molecule has 0 aliphatic rings. The lowest BCUT2D eigenvalue weighted by Gasteiger charge is -2.11. The predicted octanol–water partition coefficient (Wildman–Crippen LogP) is 5.39. The highest BCUT2D eigenvalue weighted by molar-refractivity contribution is 9.10. The summed E-state index contributed by atoms with van der Waals surface area (Å²) in [6.45, 7) is 2.03. The van der Waals surface area contributed by atoms with Crippen molar-refractivity contribution in [3.8, 4) is 17.0 Å². The topological polar surface area (TPSA) is 55.6 Å². The number of carbonyl (C=O) groups is 1. The minimum absolute atomic E-state index is 0.174. The van der Waals surface area contributed by atoms with E-state index in [1.165, 1.54) is 11.3 Å². The van der Waals surface area contributed by atoms with Crippen LogP contribution in [0.2, 0.25) is 0 Å². The second kappa shape index (κ2) is 7.17. The minimum atomic E-state index is -0.174. The van der Waals surface area contributed by atoms with E-state index >= 15 is 0 Å². The third-order valence-corrected chi connectivity index (χ3v) is 5.90. The van der Waals surface area contributed by atoms with E-state index < -0.39 is 0 Å². The van der Waals surface area contributed by atoms with Crippen molar-refractivity contribution in [3.63, 3.8) is 0 Å². The highest BCUT2D eigenvalue weighted by Crippen LogP contribution is 2.31. The number of amides is 1. The van der Waals surface area contributed by atoms with Crippen molar-refractivity contribution in [3.05, 3.63) is 69.1 Å². The Labute approximate surface area is 168 Å². The number of nitrogens with one attached hydrogen (secondary N) is 1. The molecular weight excluding hydrogens is 426 g/mol. The van der Waals surface area contributed by atoms with E-state index in [9.17, 15) is 4.79 Å². The Balaban J connectivity index is 1.71. The number of halogens is 1. The third-order valence-electron chi connectivity index (χ3n) is 4.21. The van der Waals surface area contributed by atoms with Crippen LogP contribution in [0.5, 0.6) is 5.75 Å². The van der Waals surface area contributed by atoms with Crippen LogP contribution in [0.4, 0.5) is 5.69 Å². The molecule has 7 heteroatoms. The van der Waals surface area contributed by atoms with Gasteiger partial charge in [0, 0.05) is 27.8 Å². The molecule has 0 aliphatic carbocycles. The van der Waals surface area contributed by atoms with Crippen molar-refractivity contribution < 1.29 is 9.53 Å². The molecule has 0 saturated heterocycles. The fourth-order valence-electron chi connectivity index (χ4n) is 2.87. The van der Waals surface area contributed by atoms with E-state index in [0.717, 1.165) is 26.9 Å². The molecule has 27 heavy (non-hydrogen) atoms. The van der Waals surface area contributed by atoms with Gasteiger partial charge < -0.3 is 14.5 Å². The zero-order chi connectivity index (χ0) is 19.0. The van der Waals surface area contributed by atoms with Gasteiger partial charge in [-0.25, -0.2) is 4.98 Å².